The van der Waals surface area contributed by atoms with Gasteiger partial charge in [-0.15, -0.1) is 11.3 Å². The first-order valence-electron chi connectivity index (χ1n) is 3.88. The number of hydrogen-bond acceptors (Lipinski definition) is 3. The summed E-state index contributed by atoms with van der Waals surface area (Å²) < 4.78 is 0. The Balaban J connectivity index is 2.61. The van der Waals surface area contributed by atoms with Crippen molar-refractivity contribution in [3.63, 3.8) is 0 Å². The van der Waals surface area contributed by atoms with E-state index in [1.807, 2.05) is 24.4 Å². The molecule has 0 unspecified atom stereocenters. The van der Waals surface area contributed by atoms with Crippen LogP contribution in [0.15, 0.2) is 22.6 Å². The van der Waals surface area contributed by atoms with Crippen molar-refractivity contribution in [2.24, 2.45) is 10.8 Å². The van der Waals surface area contributed by atoms with Crippen molar-refractivity contribution < 1.29 is 0 Å². The molecule has 0 aliphatic carbocycles. The van der Waals surface area contributed by atoms with Crippen molar-refractivity contribution in [1.29, 1.82) is 0 Å². The number of nitrogens with zero attached hydrogens (tertiary/aromatic N) is 2. The highest BCUT2D eigenvalue weighted by molar-refractivity contribution is 7.80. The highest BCUT2D eigenvalue weighted by atomic mass is 32.1. The molecule has 0 amide bonds. The number of thiophene rings is 1. The van der Waals surface area contributed by atoms with E-state index >= 15 is 0 Å². The van der Waals surface area contributed by atoms with Gasteiger partial charge in [-0.05, 0) is 30.6 Å². The van der Waals surface area contributed by atoms with Crippen molar-refractivity contribution in [3.05, 3.63) is 22.4 Å². The lowest BCUT2D eigenvalue weighted by molar-refractivity contribution is 0.477. The molecule has 0 aliphatic heterocycles. The Bertz CT molecular complexity index is 292. The number of hydrazone groups is 1. The summed E-state index contributed by atoms with van der Waals surface area (Å²) in [6.07, 6.45) is 1.76. The third-order valence-electron chi connectivity index (χ3n) is 1.42. The van der Waals surface area contributed by atoms with Crippen LogP contribution in [0.5, 0.6) is 0 Å². The molecule has 3 nitrogen and oxygen atoms in total. The van der Waals surface area contributed by atoms with Gasteiger partial charge in [-0.1, -0.05) is 6.07 Å². The van der Waals surface area contributed by atoms with E-state index in [2.05, 4.69) is 5.10 Å². The van der Waals surface area contributed by atoms with Gasteiger partial charge in [-0.25, -0.2) is 5.01 Å². The van der Waals surface area contributed by atoms with E-state index in [0.29, 0.717) is 11.7 Å². The van der Waals surface area contributed by atoms with Crippen molar-refractivity contribution in [2.75, 3.05) is 6.54 Å². The molecule has 0 saturated heterocycles. The second-order valence-corrected chi connectivity index (χ2v) is 3.71. The SMILES string of the molecule is CCN(/N=C\c1cccs1)C(N)=S. The fraction of sp³-hybridized carbons (Fsp3) is 0.250. The van der Waals surface area contributed by atoms with Gasteiger partial charge in [0, 0.05) is 11.4 Å². The van der Waals surface area contributed by atoms with E-state index in [4.69, 9.17) is 18.0 Å². The first kappa shape index (κ1) is 10.1. The van der Waals surface area contributed by atoms with Gasteiger partial charge in [-0.2, -0.15) is 5.10 Å². The number of hydrogen-bond donors (Lipinski definition) is 1. The van der Waals surface area contributed by atoms with Crippen LogP contribution in [0.25, 0.3) is 0 Å². The lowest BCUT2D eigenvalue weighted by Gasteiger charge is -2.12. The van der Waals surface area contributed by atoms with Crippen molar-refractivity contribution in [1.82, 2.24) is 5.01 Å². The molecule has 0 aromatic carbocycles. The van der Waals surface area contributed by atoms with E-state index in [-0.39, 0.29) is 0 Å². The summed E-state index contributed by atoms with van der Waals surface area (Å²) in [5, 5.41) is 8.01. The maximum absolute atomic E-state index is 5.43. The molecule has 0 fully saturated rings. The Hall–Kier alpha value is -0.940. The molecule has 1 heterocycles. The summed E-state index contributed by atoms with van der Waals surface area (Å²) in [6, 6.07) is 3.96. The van der Waals surface area contributed by atoms with Crippen LogP contribution in [0.1, 0.15) is 11.8 Å². The Kier molecular flexibility index (Phi) is 3.85. The monoisotopic (exact) mass is 213 g/mol. The van der Waals surface area contributed by atoms with Crippen LogP contribution < -0.4 is 5.73 Å². The molecular weight excluding hydrogens is 202 g/mol. The molecule has 0 saturated carbocycles. The van der Waals surface area contributed by atoms with Crippen LogP contribution in [0.3, 0.4) is 0 Å². The zero-order valence-electron chi connectivity index (χ0n) is 7.30. The number of nitrogens with two attached hydrogens (primary N) is 1. The normalized spacial score (nSPS) is 10.5. The summed E-state index contributed by atoms with van der Waals surface area (Å²) in [7, 11) is 0. The molecule has 0 atom stereocenters. The molecule has 0 aliphatic rings. The maximum Gasteiger partial charge on any atom is 0.186 e. The fourth-order valence-electron chi connectivity index (χ4n) is 0.786. The predicted molar refractivity (Wildman–Crippen MR) is 61.1 cm³/mol. The minimum Gasteiger partial charge on any atom is -0.375 e. The first-order valence-corrected chi connectivity index (χ1v) is 5.17. The number of rotatable bonds is 3. The molecule has 1 aromatic heterocycles. The summed E-state index contributed by atoms with van der Waals surface area (Å²) in [4.78, 5) is 1.09. The zero-order chi connectivity index (χ0) is 9.68. The Morgan fingerprint density at radius 1 is 1.85 bits per heavy atom. The Morgan fingerprint density at radius 3 is 3.08 bits per heavy atom. The molecule has 5 heteroatoms. The van der Waals surface area contributed by atoms with Crippen LogP contribution >= 0.6 is 23.6 Å². The van der Waals surface area contributed by atoms with Crippen LogP contribution in [0.2, 0.25) is 0 Å². The molecular formula is C8H11N3S2. The maximum atomic E-state index is 5.43. The first-order chi connectivity index (χ1) is 6.24. The van der Waals surface area contributed by atoms with E-state index < -0.39 is 0 Å². The molecule has 1 rings (SSSR count). The number of thiocarbonyl (C=S) groups is 1. The molecule has 0 bridgehead atoms. The summed E-state index contributed by atoms with van der Waals surface area (Å²) in [5.74, 6) is 0. The Labute approximate surface area is 86.9 Å². The quantitative estimate of drug-likeness (QED) is 0.471. The Morgan fingerprint density at radius 2 is 2.62 bits per heavy atom. The second-order valence-electron chi connectivity index (χ2n) is 2.31. The highest BCUT2D eigenvalue weighted by Gasteiger charge is 1.98. The third-order valence-corrected chi connectivity index (χ3v) is 2.44. The van der Waals surface area contributed by atoms with Crippen molar-refractivity contribution in [3.8, 4) is 0 Å². The summed E-state index contributed by atoms with van der Waals surface area (Å²) in [5.41, 5.74) is 5.43. The van der Waals surface area contributed by atoms with Crippen LogP contribution in [-0.4, -0.2) is 22.9 Å². The summed E-state index contributed by atoms with van der Waals surface area (Å²) in [6.45, 7) is 2.64. The standard InChI is InChI=1S/C8H11N3S2/c1-2-11(8(9)12)10-6-7-4-3-5-13-7/h3-6H,2H2,1H3,(H2,9,12)/b10-6-. The van der Waals surface area contributed by atoms with Gasteiger partial charge in [0.05, 0.1) is 6.21 Å². The smallest absolute Gasteiger partial charge is 0.186 e. The fourth-order valence-corrected chi connectivity index (χ4v) is 1.54. The molecule has 1 aromatic rings. The van der Waals surface area contributed by atoms with Crippen LogP contribution in [-0.2, 0) is 0 Å². The minimum atomic E-state index is 0.301. The minimum absolute atomic E-state index is 0.301. The lowest BCUT2D eigenvalue weighted by Crippen LogP contribution is -2.30. The van der Waals surface area contributed by atoms with E-state index in [1.165, 1.54) is 0 Å². The summed E-state index contributed by atoms with van der Waals surface area (Å²) >= 11 is 6.43. The molecule has 13 heavy (non-hydrogen) atoms. The topological polar surface area (TPSA) is 41.6 Å². The van der Waals surface area contributed by atoms with Crippen LogP contribution in [0.4, 0.5) is 0 Å². The average molecular weight is 213 g/mol. The van der Waals surface area contributed by atoms with E-state index in [9.17, 15) is 0 Å². The van der Waals surface area contributed by atoms with Gasteiger partial charge < -0.3 is 5.73 Å². The van der Waals surface area contributed by atoms with E-state index in [0.717, 1.165) is 4.88 Å². The van der Waals surface area contributed by atoms with Gasteiger partial charge in [-0.3, -0.25) is 0 Å². The largest absolute Gasteiger partial charge is 0.375 e. The van der Waals surface area contributed by atoms with Gasteiger partial charge in [0.2, 0.25) is 0 Å². The molecule has 2 N–H and O–H groups in total. The molecule has 0 radical (unpaired) electrons. The molecule has 70 valence electrons. The van der Waals surface area contributed by atoms with Gasteiger partial charge in [0.25, 0.3) is 0 Å². The van der Waals surface area contributed by atoms with Crippen molar-refractivity contribution in [2.45, 2.75) is 6.92 Å². The zero-order valence-corrected chi connectivity index (χ0v) is 8.94. The second kappa shape index (κ2) is 4.94. The molecule has 0 spiro atoms. The van der Waals surface area contributed by atoms with Gasteiger partial charge in [0.1, 0.15) is 0 Å². The van der Waals surface area contributed by atoms with Crippen LogP contribution in [0, 0.1) is 0 Å². The van der Waals surface area contributed by atoms with E-state index in [1.54, 1.807) is 22.6 Å². The highest BCUT2D eigenvalue weighted by Crippen LogP contribution is 2.05. The van der Waals surface area contributed by atoms with Gasteiger partial charge >= 0.3 is 0 Å². The lowest BCUT2D eigenvalue weighted by atomic mass is 10.5. The average Bonchev–Trinajstić information content (AvgIpc) is 2.57. The van der Waals surface area contributed by atoms with Crippen molar-refractivity contribution >= 4 is 34.9 Å². The third kappa shape index (κ3) is 3.12. The predicted octanol–water partition coefficient (Wildman–Crippen LogP) is 1.65. The van der Waals surface area contributed by atoms with Gasteiger partial charge in [0.15, 0.2) is 5.11 Å².